The van der Waals surface area contributed by atoms with E-state index in [-0.39, 0.29) is 37.1 Å². The summed E-state index contributed by atoms with van der Waals surface area (Å²) in [5.74, 6) is -1.20. The molecule has 1 saturated carbocycles. The van der Waals surface area contributed by atoms with Crippen LogP contribution >= 0.6 is 0 Å². The number of carboxylic acid groups (broad SMARTS) is 1. The summed E-state index contributed by atoms with van der Waals surface area (Å²) in [4.78, 5) is 36.4. The van der Waals surface area contributed by atoms with E-state index in [4.69, 9.17) is 9.84 Å². The molecule has 2 aromatic rings. The molecule has 178 valence electrons. The van der Waals surface area contributed by atoms with Gasteiger partial charge >= 0.3 is 12.1 Å². The number of hydrogen-bond acceptors (Lipinski definition) is 4. The van der Waals surface area contributed by atoms with Crippen molar-refractivity contribution in [1.82, 2.24) is 10.6 Å². The van der Waals surface area contributed by atoms with E-state index >= 15 is 0 Å². The van der Waals surface area contributed by atoms with Crippen LogP contribution in [0.4, 0.5) is 4.79 Å². The monoisotopic (exact) mass is 462 g/mol. The Kier molecular flexibility index (Phi) is 7.01. The summed E-state index contributed by atoms with van der Waals surface area (Å²) in [5.41, 5.74) is 4.11. The number of carbonyl (C=O) groups is 3. The van der Waals surface area contributed by atoms with E-state index in [1.165, 1.54) is 24.1 Å². The molecule has 34 heavy (non-hydrogen) atoms. The normalized spacial score (nSPS) is 16.4. The topological polar surface area (TPSA) is 105 Å². The Labute approximate surface area is 199 Å². The number of carboxylic acids is 1. The zero-order chi connectivity index (χ0) is 24.1. The summed E-state index contributed by atoms with van der Waals surface area (Å²) in [5, 5.41) is 14.6. The second-order valence-electron chi connectivity index (χ2n) is 9.07. The zero-order valence-electron chi connectivity index (χ0n) is 19.3. The molecule has 0 aliphatic heterocycles. The van der Waals surface area contributed by atoms with E-state index < -0.39 is 17.5 Å². The Morgan fingerprint density at radius 2 is 1.59 bits per heavy atom. The Bertz CT molecular complexity index is 1070. The lowest BCUT2D eigenvalue weighted by atomic mass is 9.85. The van der Waals surface area contributed by atoms with Crippen molar-refractivity contribution in [3.8, 4) is 11.1 Å². The van der Waals surface area contributed by atoms with Crippen molar-refractivity contribution in [1.29, 1.82) is 0 Å². The van der Waals surface area contributed by atoms with E-state index in [2.05, 4.69) is 34.9 Å². The van der Waals surface area contributed by atoms with Crippen LogP contribution in [0.5, 0.6) is 0 Å². The predicted octanol–water partition coefficient (Wildman–Crippen LogP) is 4.23. The summed E-state index contributed by atoms with van der Waals surface area (Å²) < 4.78 is 5.61. The standard InChI is InChI=1S/C27H30N2O5/c1-18(24(30)31)12-15-28-25(32)27(13-6-7-14-27)17-29-26(33)34-16-23-21-10-4-2-8-19(21)20-9-3-5-11-22(20)23/h2-5,8-12,23H,6-7,13-17H2,1H3,(H,28,32)(H,29,33)(H,30,31)/b18-12+. The highest BCUT2D eigenvalue weighted by molar-refractivity contribution is 5.87. The first-order chi connectivity index (χ1) is 16.4. The van der Waals surface area contributed by atoms with Crippen molar-refractivity contribution in [2.75, 3.05) is 19.7 Å². The largest absolute Gasteiger partial charge is 0.478 e. The molecule has 2 amide bonds. The number of amides is 2. The fourth-order valence-corrected chi connectivity index (χ4v) is 5.00. The molecule has 2 aromatic carbocycles. The molecule has 3 N–H and O–H groups in total. The third kappa shape index (κ3) is 4.83. The summed E-state index contributed by atoms with van der Waals surface area (Å²) >= 11 is 0. The van der Waals surface area contributed by atoms with Crippen LogP contribution in [0.25, 0.3) is 11.1 Å². The van der Waals surface area contributed by atoms with Crippen LogP contribution in [-0.4, -0.2) is 42.8 Å². The Balaban J connectivity index is 1.34. The molecule has 1 fully saturated rings. The molecule has 7 heteroatoms. The van der Waals surface area contributed by atoms with Crippen LogP contribution < -0.4 is 10.6 Å². The molecule has 0 radical (unpaired) electrons. The zero-order valence-corrected chi connectivity index (χ0v) is 19.3. The molecule has 0 atom stereocenters. The Morgan fingerprint density at radius 1 is 1.00 bits per heavy atom. The molecule has 0 aromatic heterocycles. The maximum Gasteiger partial charge on any atom is 0.407 e. The molecule has 0 heterocycles. The minimum absolute atomic E-state index is 0.0221. The van der Waals surface area contributed by atoms with Crippen molar-refractivity contribution in [3.05, 3.63) is 71.3 Å². The third-order valence-electron chi connectivity index (χ3n) is 6.97. The molecule has 0 bridgehead atoms. The molecule has 0 spiro atoms. The number of carbonyl (C=O) groups excluding carboxylic acids is 2. The van der Waals surface area contributed by atoms with Gasteiger partial charge in [-0.2, -0.15) is 0 Å². The van der Waals surface area contributed by atoms with Crippen LogP contribution in [0.15, 0.2) is 60.2 Å². The average Bonchev–Trinajstić information content (AvgIpc) is 3.45. The second-order valence-corrected chi connectivity index (χ2v) is 9.07. The summed E-state index contributed by atoms with van der Waals surface area (Å²) in [6.07, 6.45) is 4.09. The predicted molar refractivity (Wildman–Crippen MR) is 128 cm³/mol. The lowest BCUT2D eigenvalue weighted by Crippen LogP contribution is -2.47. The molecule has 7 nitrogen and oxygen atoms in total. The minimum atomic E-state index is -1.01. The van der Waals surface area contributed by atoms with Gasteiger partial charge in [-0.15, -0.1) is 0 Å². The molecular weight excluding hydrogens is 432 g/mol. The van der Waals surface area contributed by atoms with E-state index in [0.717, 1.165) is 24.0 Å². The lowest BCUT2D eigenvalue weighted by Gasteiger charge is -2.27. The Morgan fingerprint density at radius 3 is 2.18 bits per heavy atom. The first-order valence-electron chi connectivity index (χ1n) is 11.7. The van der Waals surface area contributed by atoms with Gasteiger partial charge in [0.1, 0.15) is 6.61 Å². The van der Waals surface area contributed by atoms with E-state index in [1.807, 2.05) is 24.3 Å². The van der Waals surface area contributed by atoms with Crippen molar-refractivity contribution in [3.63, 3.8) is 0 Å². The van der Waals surface area contributed by atoms with Gasteiger partial charge in [0, 0.05) is 24.6 Å². The summed E-state index contributed by atoms with van der Waals surface area (Å²) in [6, 6.07) is 16.3. The number of nitrogens with one attached hydrogen (secondary N) is 2. The number of ether oxygens (including phenoxy) is 1. The van der Waals surface area contributed by atoms with Gasteiger partial charge in [-0.3, -0.25) is 4.79 Å². The number of alkyl carbamates (subject to hydrolysis) is 1. The van der Waals surface area contributed by atoms with Crippen LogP contribution in [0.3, 0.4) is 0 Å². The van der Waals surface area contributed by atoms with Gasteiger partial charge in [0.2, 0.25) is 5.91 Å². The van der Waals surface area contributed by atoms with Crippen molar-refractivity contribution in [2.45, 2.75) is 38.5 Å². The average molecular weight is 463 g/mol. The van der Waals surface area contributed by atoms with Crippen LogP contribution in [0.1, 0.15) is 49.7 Å². The molecule has 0 saturated heterocycles. The molecule has 0 unspecified atom stereocenters. The molecule has 2 aliphatic rings. The highest BCUT2D eigenvalue weighted by Crippen LogP contribution is 2.44. The number of aliphatic carboxylic acids is 1. The van der Waals surface area contributed by atoms with Crippen LogP contribution in [0, 0.1) is 5.41 Å². The number of fused-ring (bicyclic) bond motifs is 3. The quantitative estimate of drug-likeness (QED) is 0.509. The molecule has 4 rings (SSSR count). The maximum absolute atomic E-state index is 12.9. The van der Waals surface area contributed by atoms with Crippen molar-refractivity contribution < 1.29 is 24.2 Å². The first kappa shape index (κ1) is 23.5. The van der Waals surface area contributed by atoms with E-state index in [9.17, 15) is 14.4 Å². The first-order valence-corrected chi connectivity index (χ1v) is 11.7. The van der Waals surface area contributed by atoms with Gasteiger partial charge < -0.3 is 20.5 Å². The summed E-state index contributed by atoms with van der Waals surface area (Å²) in [7, 11) is 0. The SMILES string of the molecule is C/C(=C\CNC(=O)C1(CNC(=O)OCC2c3ccccc3-c3ccccc32)CCCC1)C(=O)O. The van der Waals surface area contributed by atoms with Gasteiger partial charge in [0.05, 0.1) is 5.41 Å². The molecular formula is C27H30N2O5. The maximum atomic E-state index is 12.9. The van der Waals surface area contributed by atoms with Gasteiger partial charge in [-0.1, -0.05) is 67.4 Å². The van der Waals surface area contributed by atoms with Gasteiger partial charge in [-0.05, 0) is 42.0 Å². The third-order valence-corrected chi connectivity index (χ3v) is 6.97. The number of rotatable bonds is 8. The lowest BCUT2D eigenvalue weighted by molar-refractivity contribution is -0.133. The fraction of sp³-hybridized carbons (Fsp3) is 0.370. The van der Waals surface area contributed by atoms with E-state index in [1.54, 1.807) is 0 Å². The number of hydrogen-bond donors (Lipinski definition) is 3. The second kappa shape index (κ2) is 10.1. The molecule has 2 aliphatic carbocycles. The highest BCUT2D eigenvalue weighted by Gasteiger charge is 2.41. The van der Waals surface area contributed by atoms with Crippen LogP contribution in [-0.2, 0) is 14.3 Å². The smallest absolute Gasteiger partial charge is 0.407 e. The van der Waals surface area contributed by atoms with Gasteiger partial charge in [0.15, 0.2) is 0 Å². The minimum Gasteiger partial charge on any atom is -0.478 e. The van der Waals surface area contributed by atoms with Gasteiger partial charge in [-0.25, -0.2) is 9.59 Å². The van der Waals surface area contributed by atoms with Crippen molar-refractivity contribution >= 4 is 18.0 Å². The fourth-order valence-electron chi connectivity index (χ4n) is 5.00. The van der Waals surface area contributed by atoms with Gasteiger partial charge in [0.25, 0.3) is 0 Å². The summed E-state index contributed by atoms with van der Waals surface area (Å²) in [6.45, 7) is 2.04. The van der Waals surface area contributed by atoms with Crippen LogP contribution in [0.2, 0.25) is 0 Å². The number of benzene rings is 2. The Hall–Kier alpha value is -3.61. The van der Waals surface area contributed by atoms with Crippen molar-refractivity contribution in [2.24, 2.45) is 5.41 Å². The highest BCUT2D eigenvalue weighted by atomic mass is 16.5. The van der Waals surface area contributed by atoms with E-state index in [0.29, 0.717) is 12.8 Å².